The molecule has 2 aliphatic heterocycles. The standard InChI is InChI=1S/C19H24N4O5/c1-3-28-19(27)22-10-8-21(9-11-22)16-12-17(25)23(18(16)26)15-6-4-14(5-7-15)20-13(2)24/h4-7,16H,3,8-12H2,1-2H3,(H,20,24). The molecule has 2 aliphatic rings. The molecule has 0 spiro atoms. The van der Waals surface area contributed by atoms with Crippen molar-refractivity contribution in [1.82, 2.24) is 9.80 Å². The predicted molar refractivity (Wildman–Crippen MR) is 102 cm³/mol. The van der Waals surface area contributed by atoms with E-state index in [1.807, 2.05) is 4.90 Å². The second-order valence-electron chi connectivity index (χ2n) is 6.74. The van der Waals surface area contributed by atoms with Crippen molar-refractivity contribution in [3.63, 3.8) is 0 Å². The van der Waals surface area contributed by atoms with E-state index in [0.717, 1.165) is 0 Å². The van der Waals surface area contributed by atoms with Crippen LogP contribution in [-0.4, -0.2) is 72.4 Å². The lowest BCUT2D eigenvalue weighted by molar-refractivity contribution is -0.123. The number of amides is 4. The van der Waals surface area contributed by atoms with Gasteiger partial charge in [0, 0.05) is 38.8 Å². The number of ether oxygens (including phenoxy) is 1. The molecule has 2 saturated heterocycles. The molecule has 3 rings (SSSR count). The van der Waals surface area contributed by atoms with Gasteiger partial charge < -0.3 is 15.0 Å². The van der Waals surface area contributed by atoms with E-state index in [2.05, 4.69) is 5.32 Å². The molecule has 1 aromatic rings. The number of carbonyl (C=O) groups excluding carboxylic acids is 4. The highest BCUT2D eigenvalue weighted by Crippen LogP contribution is 2.27. The maximum atomic E-state index is 12.9. The van der Waals surface area contributed by atoms with Gasteiger partial charge in [-0.3, -0.25) is 19.3 Å². The van der Waals surface area contributed by atoms with E-state index in [1.54, 1.807) is 36.1 Å². The van der Waals surface area contributed by atoms with Crippen LogP contribution in [0.3, 0.4) is 0 Å². The summed E-state index contributed by atoms with van der Waals surface area (Å²) in [5.41, 5.74) is 1.08. The van der Waals surface area contributed by atoms with E-state index in [0.29, 0.717) is 44.2 Å². The lowest BCUT2D eigenvalue weighted by atomic mass is 10.2. The zero-order chi connectivity index (χ0) is 20.3. The minimum atomic E-state index is -0.521. The van der Waals surface area contributed by atoms with Crippen LogP contribution in [0.2, 0.25) is 0 Å². The third-order valence-electron chi connectivity index (χ3n) is 4.85. The van der Waals surface area contributed by atoms with Crippen molar-refractivity contribution >= 4 is 35.2 Å². The molecule has 1 aromatic carbocycles. The summed E-state index contributed by atoms with van der Waals surface area (Å²) in [6.45, 7) is 5.44. The first kappa shape index (κ1) is 19.8. The molecule has 0 bridgehead atoms. The summed E-state index contributed by atoms with van der Waals surface area (Å²) in [6, 6.07) is 6.07. The third-order valence-corrected chi connectivity index (χ3v) is 4.85. The molecule has 0 aromatic heterocycles. The Morgan fingerprint density at radius 2 is 1.75 bits per heavy atom. The van der Waals surface area contributed by atoms with Gasteiger partial charge in [0.2, 0.25) is 11.8 Å². The molecule has 1 N–H and O–H groups in total. The highest BCUT2D eigenvalue weighted by Gasteiger charge is 2.43. The number of imide groups is 1. The maximum absolute atomic E-state index is 12.9. The molecule has 2 heterocycles. The van der Waals surface area contributed by atoms with Gasteiger partial charge in [-0.1, -0.05) is 0 Å². The molecule has 0 radical (unpaired) electrons. The van der Waals surface area contributed by atoms with Crippen LogP contribution in [0.15, 0.2) is 24.3 Å². The Labute approximate surface area is 163 Å². The van der Waals surface area contributed by atoms with Crippen molar-refractivity contribution in [3.05, 3.63) is 24.3 Å². The summed E-state index contributed by atoms with van der Waals surface area (Å²) in [4.78, 5) is 53.0. The average Bonchev–Trinajstić information content (AvgIpc) is 2.97. The molecule has 1 unspecified atom stereocenters. The number of hydrogen-bond acceptors (Lipinski definition) is 6. The zero-order valence-corrected chi connectivity index (χ0v) is 16.0. The molecule has 28 heavy (non-hydrogen) atoms. The van der Waals surface area contributed by atoms with E-state index in [4.69, 9.17) is 4.74 Å². The summed E-state index contributed by atoms with van der Waals surface area (Å²) >= 11 is 0. The summed E-state index contributed by atoms with van der Waals surface area (Å²) in [6.07, 6.45) is -0.233. The smallest absolute Gasteiger partial charge is 0.409 e. The first-order valence-corrected chi connectivity index (χ1v) is 9.31. The Morgan fingerprint density at radius 1 is 1.11 bits per heavy atom. The maximum Gasteiger partial charge on any atom is 0.409 e. The minimum absolute atomic E-state index is 0.117. The number of benzene rings is 1. The summed E-state index contributed by atoms with van der Waals surface area (Å²) in [7, 11) is 0. The molecular formula is C19H24N4O5. The Morgan fingerprint density at radius 3 is 2.32 bits per heavy atom. The minimum Gasteiger partial charge on any atom is -0.450 e. The highest BCUT2D eigenvalue weighted by atomic mass is 16.6. The molecule has 1 atom stereocenters. The van der Waals surface area contributed by atoms with E-state index >= 15 is 0 Å². The number of nitrogens with zero attached hydrogens (tertiary/aromatic N) is 3. The van der Waals surface area contributed by atoms with E-state index < -0.39 is 6.04 Å². The van der Waals surface area contributed by atoms with Gasteiger partial charge in [-0.2, -0.15) is 0 Å². The second-order valence-corrected chi connectivity index (χ2v) is 6.74. The lowest BCUT2D eigenvalue weighted by Crippen LogP contribution is -2.54. The van der Waals surface area contributed by atoms with E-state index in [-0.39, 0.29) is 30.2 Å². The number of hydrogen-bond donors (Lipinski definition) is 1. The van der Waals surface area contributed by atoms with Gasteiger partial charge >= 0.3 is 6.09 Å². The van der Waals surface area contributed by atoms with Crippen LogP contribution in [0.5, 0.6) is 0 Å². The zero-order valence-electron chi connectivity index (χ0n) is 16.0. The fourth-order valence-electron chi connectivity index (χ4n) is 3.50. The number of anilines is 2. The summed E-state index contributed by atoms with van der Waals surface area (Å²) in [5.74, 6) is -0.708. The molecular weight excluding hydrogens is 364 g/mol. The van der Waals surface area contributed by atoms with Crippen molar-refractivity contribution in [2.45, 2.75) is 26.3 Å². The molecule has 0 saturated carbocycles. The Hall–Kier alpha value is -2.94. The number of piperazine rings is 1. The fraction of sp³-hybridized carbons (Fsp3) is 0.474. The van der Waals surface area contributed by atoms with Crippen LogP contribution < -0.4 is 10.2 Å². The largest absolute Gasteiger partial charge is 0.450 e. The van der Waals surface area contributed by atoms with Crippen LogP contribution >= 0.6 is 0 Å². The normalized spacial score (nSPS) is 20.4. The van der Waals surface area contributed by atoms with Gasteiger partial charge in [-0.25, -0.2) is 9.69 Å². The Bertz CT molecular complexity index is 771. The van der Waals surface area contributed by atoms with Crippen molar-refractivity contribution in [2.75, 3.05) is 43.0 Å². The SMILES string of the molecule is CCOC(=O)N1CCN(C2CC(=O)N(c3ccc(NC(C)=O)cc3)C2=O)CC1. The monoisotopic (exact) mass is 388 g/mol. The molecule has 0 aliphatic carbocycles. The Balaban J connectivity index is 1.64. The quantitative estimate of drug-likeness (QED) is 0.774. The van der Waals surface area contributed by atoms with Crippen LogP contribution in [0.4, 0.5) is 16.2 Å². The third kappa shape index (κ3) is 4.14. The van der Waals surface area contributed by atoms with Gasteiger partial charge in [-0.05, 0) is 31.2 Å². The van der Waals surface area contributed by atoms with Crippen molar-refractivity contribution < 1.29 is 23.9 Å². The molecule has 9 nitrogen and oxygen atoms in total. The van der Waals surface area contributed by atoms with Crippen LogP contribution in [-0.2, 0) is 19.1 Å². The van der Waals surface area contributed by atoms with Gasteiger partial charge in [0.05, 0.1) is 24.8 Å². The number of rotatable bonds is 4. The van der Waals surface area contributed by atoms with Crippen LogP contribution in [0.1, 0.15) is 20.3 Å². The van der Waals surface area contributed by atoms with E-state index in [9.17, 15) is 19.2 Å². The summed E-state index contributed by atoms with van der Waals surface area (Å²) < 4.78 is 5.00. The number of carbonyl (C=O) groups is 4. The van der Waals surface area contributed by atoms with Crippen molar-refractivity contribution in [2.24, 2.45) is 0 Å². The first-order chi connectivity index (χ1) is 13.4. The number of nitrogens with one attached hydrogen (secondary N) is 1. The topological polar surface area (TPSA) is 99.3 Å². The molecule has 2 fully saturated rings. The predicted octanol–water partition coefficient (Wildman–Crippen LogP) is 1.05. The van der Waals surface area contributed by atoms with Crippen LogP contribution in [0, 0.1) is 0 Å². The van der Waals surface area contributed by atoms with Gasteiger partial charge in [0.1, 0.15) is 0 Å². The second kappa shape index (κ2) is 8.39. The fourth-order valence-corrected chi connectivity index (χ4v) is 3.50. The average molecular weight is 388 g/mol. The highest BCUT2D eigenvalue weighted by molar-refractivity contribution is 6.22. The van der Waals surface area contributed by atoms with Crippen molar-refractivity contribution in [3.8, 4) is 0 Å². The van der Waals surface area contributed by atoms with Gasteiger partial charge in [0.15, 0.2) is 0 Å². The summed E-state index contributed by atoms with van der Waals surface area (Å²) in [5, 5.41) is 2.65. The van der Waals surface area contributed by atoms with Crippen LogP contribution in [0.25, 0.3) is 0 Å². The van der Waals surface area contributed by atoms with Gasteiger partial charge in [0.25, 0.3) is 5.91 Å². The van der Waals surface area contributed by atoms with E-state index in [1.165, 1.54) is 11.8 Å². The molecule has 9 heteroatoms. The molecule has 4 amide bonds. The molecule has 150 valence electrons. The lowest BCUT2D eigenvalue weighted by Gasteiger charge is -2.36. The Kier molecular flexibility index (Phi) is 5.93. The first-order valence-electron chi connectivity index (χ1n) is 9.31. The van der Waals surface area contributed by atoms with Crippen molar-refractivity contribution in [1.29, 1.82) is 0 Å². The van der Waals surface area contributed by atoms with Gasteiger partial charge in [-0.15, -0.1) is 0 Å².